The zero-order chi connectivity index (χ0) is 13.0. The summed E-state index contributed by atoms with van der Waals surface area (Å²) < 4.78 is 5.31. The van der Waals surface area contributed by atoms with Crippen molar-refractivity contribution in [1.82, 2.24) is 9.97 Å². The van der Waals surface area contributed by atoms with Crippen LogP contribution in [0.15, 0.2) is 6.07 Å². The molecule has 0 unspecified atom stereocenters. The molecule has 18 heavy (non-hydrogen) atoms. The van der Waals surface area contributed by atoms with Crippen molar-refractivity contribution in [2.75, 3.05) is 11.9 Å². The normalized spacial score (nSPS) is 17.9. The number of rotatable bonds is 5. The Morgan fingerprint density at radius 3 is 2.78 bits per heavy atom. The van der Waals surface area contributed by atoms with E-state index >= 15 is 0 Å². The average Bonchev–Trinajstić information content (AvgIpc) is 2.72. The lowest BCUT2D eigenvalue weighted by molar-refractivity contribution is 0.128. The topological polar surface area (TPSA) is 47.0 Å². The predicted octanol–water partition coefficient (Wildman–Crippen LogP) is 3.41. The van der Waals surface area contributed by atoms with Crippen LogP contribution in [0.2, 0.25) is 5.15 Å². The van der Waals surface area contributed by atoms with Crippen LogP contribution >= 0.6 is 11.6 Å². The van der Waals surface area contributed by atoms with Gasteiger partial charge >= 0.3 is 0 Å². The summed E-state index contributed by atoms with van der Waals surface area (Å²) in [5.41, 5.74) is 0.139. The second-order valence-electron chi connectivity index (χ2n) is 5.02. The van der Waals surface area contributed by atoms with E-state index in [-0.39, 0.29) is 5.54 Å². The summed E-state index contributed by atoms with van der Waals surface area (Å²) in [6.07, 6.45) is 4.90. The maximum Gasteiger partial charge on any atom is 0.158 e. The van der Waals surface area contributed by atoms with Crippen LogP contribution < -0.4 is 5.32 Å². The molecule has 0 spiro atoms. The highest BCUT2D eigenvalue weighted by atomic mass is 35.5. The van der Waals surface area contributed by atoms with Crippen LogP contribution in [0.3, 0.4) is 0 Å². The van der Waals surface area contributed by atoms with Gasteiger partial charge in [-0.05, 0) is 26.7 Å². The first-order valence-corrected chi connectivity index (χ1v) is 6.88. The van der Waals surface area contributed by atoms with Crippen molar-refractivity contribution in [3.05, 3.63) is 17.0 Å². The van der Waals surface area contributed by atoms with E-state index in [1.807, 2.05) is 6.92 Å². The fraction of sp³-hybridized carbons (Fsp3) is 0.692. The highest BCUT2D eigenvalue weighted by Crippen LogP contribution is 2.32. The van der Waals surface area contributed by atoms with Gasteiger partial charge in [0.25, 0.3) is 0 Å². The van der Waals surface area contributed by atoms with E-state index in [1.54, 1.807) is 6.07 Å². The van der Waals surface area contributed by atoms with Gasteiger partial charge in [0.2, 0.25) is 0 Å². The molecule has 5 heteroatoms. The molecule has 1 aromatic rings. The van der Waals surface area contributed by atoms with Gasteiger partial charge in [0.15, 0.2) is 5.82 Å². The van der Waals surface area contributed by atoms with E-state index in [2.05, 4.69) is 22.2 Å². The van der Waals surface area contributed by atoms with Crippen molar-refractivity contribution >= 4 is 17.4 Å². The van der Waals surface area contributed by atoms with Crippen LogP contribution in [0, 0.1) is 0 Å². The summed E-state index contributed by atoms with van der Waals surface area (Å²) >= 11 is 6.01. The Kier molecular flexibility index (Phi) is 4.40. The first-order valence-electron chi connectivity index (χ1n) is 6.51. The third kappa shape index (κ3) is 3.56. The first kappa shape index (κ1) is 13.6. The lowest BCUT2D eigenvalue weighted by Gasteiger charge is -2.26. The minimum absolute atomic E-state index is 0.139. The minimum atomic E-state index is 0.139. The van der Waals surface area contributed by atoms with Crippen molar-refractivity contribution in [2.24, 2.45) is 0 Å². The Hall–Kier alpha value is -0.870. The molecule has 1 aliphatic rings. The lowest BCUT2D eigenvalue weighted by atomic mass is 10.0. The molecule has 0 saturated heterocycles. The van der Waals surface area contributed by atoms with Crippen molar-refractivity contribution in [2.45, 2.75) is 51.7 Å². The molecule has 100 valence electrons. The van der Waals surface area contributed by atoms with Crippen LogP contribution in [-0.2, 0) is 11.3 Å². The Morgan fingerprint density at radius 2 is 2.11 bits per heavy atom. The van der Waals surface area contributed by atoms with Crippen molar-refractivity contribution < 1.29 is 4.74 Å². The van der Waals surface area contributed by atoms with Gasteiger partial charge in [-0.3, -0.25) is 0 Å². The maximum atomic E-state index is 6.01. The standard InChI is InChI=1S/C13H20ClN3O/c1-3-18-9-12-15-10(14)8-11(16-12)17-13(2)6-4-5-7-13/h8H,3-7,9H2,1-2H3,(H,15,16,17). The number of aromatic nitrogens is 2. The van der Waals surface area contributed by atoms with Crippen molar-refractivity contribution in [1.29, 1.82) is 0 Å². The fourth-order valence-corrected chi connectivity index (χ4v) is 2.58. The van der Waals surface area contributed by atoms with E-state index in [0.717, 1.165) is 5.82 Å². The summed E-state index contributed by atoms with van der Waals surface area (Å²) in [7, 11) is 0. The zero-order valence-corrected chi connectivity index (χ0v) is 11.8. The van der Waals surface area contributed by atoms with Crippen LogP contribution in [0.25, 0.3) is 0 Å². The summed E-state index contributed by atoms with van der Waals surface area (Å²) in [5, 5.41) is 3.95. The summed E-state index contributed by atoms with van der Waals surface area (Å²) in [5.74, 6) is 1.43. The summed E-state index contributed by atoms with van der Waals surface area (Å²) in [6, 6.07) is 1.78. The Labute approximate surface area is 113 Å². The Balaban J connectivity index is 2.09. The Bertz CT molecular complexity index is 405. The maximum absolute atomic E-state index is 6.01. The molecule has 0 aromatic carbocycles. The highest BCUT2D eigenvalue weighted by molar-refractivity contribution is 6.29. The van der Waals surface area contributed by atoms with Gasteiger partial charge in [0.05, 0.1) is 0 Å². The van der Waals surface area contributed by atoms with Crippen LogP contribution in [0.1, 0.15) is 45.4 Å². The van der Waals surface area contributed by atoms with E-state index in [9.17, 15) is 0 Å². The van der Waals surface area contributed by atoms with Gasteiger partial charge in [-0.2, -0.15) is 0 Å². The molecule has 1 saturated carbocycles. The number of hydrogen-bond donors (Lipinski definition) is 1. The van der Waals surface area contributed by atoms with Gasteiger partial charge in [0, 0.05) is 18.2 Å². The van der Waals surface area contributed by atoms with Gasteiger partial charge in [-0.15, -0.1) is 0 Å². The van der Waals surface area contributed by atoms with Gasteiger partial charge in [-0.1, -0.05) is 24.4 Å². The molecule has 0 aliphatic heterocycles. The molecule has 2 rings (SSSR count). The molecular weight excluding hydrogens is 250 g/mol. The molecule has 0 radical (unpaired) electrons. The summed E-state index contributed by atoms with van der Waals surface area (Å²) in [6.45, 7) is 5.24. The Morgan fingerprint density at radius 1 is 1.39 bits per heavy atom. The number of nitrogens with one attached hydrogen (secondary N) is 1. The molecule has 4 nitrogen and oxygen atoms in total. The van der Waals surface area contributed by atoms with Crippen LogP contribution in [-0.4, -0.2) is 22.1 Å². The molecule has 1 N–H and O–H groups in total. The largest absolute Gasteiger partial charge is 0.374 e. The number of anilines is 1. The zero-order valence-electron chi connectivity index (χ0n) is 11.0. The molecule has 1 heterocycles. The van der Waals surface area contributed by atoms with Gasteiger partial charge in [0.1, 0.15) is 17.6 Å². The number of nitrogens with zero attached hydrogens (tertiary/aromatic N) is 2. The number of halogens is 1. The molecule has 0 bridgehead atoms. The second-order valence-corrected chi connectivity index (χ2v) is 5.41. The number of ether oxygens (including phenoxy) is 1. The van der Waals surface area contributed by atoms with E-state index in [1.165, 1.54) is 25.7 Å². The monoisotopic (exact) mass is 269 g/mol. The third-order valence-corrected chi connectivity index (χ3v) is 3.51. The van der Waals surface area contributed by atoms with Crippen molar-refractivity contribution in [3.63, 3.8) is 0 Å². The molecular formula is C13H20ClN3O. The fourth-order valence-electron chi connectivity index (χ4n) is 2.38. The minimum Gasteiger partial charge on any atom is -0.374 e. The van der Waals surface area contributed by atoms with E-state index in [4.69, 9.17) is 16.3 Å². The van der Waals surface area contributed by atoms with Crippen LogP contribution in [0.5, 0.6) is 0 Å². The quantitative estimate of drug-likeness (QED) is 0.832. The molecule has 1 fully saturated rings. The summed E-state index contributed by atoms with van der Waals surface area (Å²) in [4.78, 5) is 8.61. The van der Waals surface area contributed by atoms with Crippen LogP contribution in [0.4, 0.5) is 5.82 Å². The molecule has 0 atom stereocenters. The first-order chi connectivity index (χ1) is 8.61. The lowest BCUT2D eigenvalue weighted by Crippen LogP contribution is -2.31. The molecule has 0 amide bonds. The number of hydrogen-bond acceptors (Lipinski definition) is 4. The second kappa shape index (κ2) is 5.85. The molecule has 1 aliphatic carbocycles. The SMILES string of the molecule is CCOCc1nc(Cl)cc(NC2(C)CCCC2)n1. The highest BCUT2D eigenvalue weighted by Gasteiger charge is 2.28. The third-order valence-electron chi connectivity index (χ3n) is 3.31. The van der Waals surface area contributed by atoms with E-state index in [0.29, 0.717) is 24.2 Å². The van der Waals surface area contributed by atoms with E-state index < -0.39 is 0 Å². The predicted molar refractivity (Wildman–Crippen MR) is 72.9 cm³/mol. The van der Waals surface area contributed by atoms with Gasteiger partial charge < -0.3 is 10.1 Å². The van der Waals surface area contributed by atoms with Crippen molar-refractivity contribution in [3.8, 4) is 0 Å². The molecule has 1 aromatic heterocycles. The smallest absolute Gasteiger partial charge is 0.158 e. The van der Waals surface area contributed by atoms with Gasteiger partial charge in [-0.25, -0.2) is 9.97 Å². The average molecular weight is 270 g/mol.